The van der Waals surface area contributed by atoms with Gasteiger partial charge in [-0.2, -0.15) is 9.97 Å². The van der Waals surface area contributed by atoms with E-state index in [1.54, 1.807) is 13.8 Å². The lowest BCUT2D eigenvalue weighted by Gasteiger charge is -2.03. The number of nitrogens with zero attached hydrogens (tertiary/aromatic N) is 4. The summed E-state index contributed by atoms with van der Waals surface area (Å²) in [4.78, 5) is 8.47. The molecule has 0 aliphatic rings. The van der Waals surface area contributed by atoms with E-state index in [0.717, 1.165) is 11.1 Å². The molecule has 1 N–H and O–H groups in total. The molecule has 0 amide bonds. The third-order valence-electron chi connectivity index (χ3n) is 3.24. The van der Waals surface area contributed by atoms with Gasteiger partial charge in [-0.15, -0.1) is 0 Å². The van der Waals surface area contributed by atoms with Crippen LogP contribution in [0, 0.1) is 6.92 Å². The molecule has 0 unspecified atom stereocenters. The van der Waals surface area contributed by atoms with Crippen molar-refractivity contribution in [3.05, 3.63) is 47.4 Å². The van der Waals surface area contributed by atoms with Crippen LogP contribution in [-0.4, -0.2) is 25.4 Å². The van der Waals surface area contributed by atoms with Crippen LogP contribution in [0.2, 0.25) is 0 Å². The molecular formula is C15H16N4O3. The van der Waals surface area contributed by atoms with E-state index in [0.29, 0.717) is 36.3 Å². The van der Waals surface area contributed by atoms with Crippen LogP contribution >= 0.6 is 0 Å². The number of aliphatic hydroxyl groups excluding tert-OH is 1. The molecule has 22 heavy (non-hydrogen) atoms. The van der Waals surface area contributed by atoms with Crippen molar-refractivity contribution in [2.75, 3.05) is 0 Å². The molecule has 0 bridgehead atoms. The minimum Gasteiger partial charge on any atom is -0.389 e. The Morgan fingerprint density at radius 2 is 1.64 bits per heavy atom. The molecule has 114 valence electrons. The Hall–Kier alpha value is -2.54. The van der Waals surface area contributed by atoms with Crippen LogP contribution in [-0.2, 0) is 12.8 Å². The van der Waals surface area contributed by atoms with Crippen molar-refractivity contribution < 1.29 is 14.2 Å². The SMILES string of the molecule is Cc1noc(CCc2nc(-c3ccc([C@H](C)O)cc3)no2)n1. The lowest BCUT2D eigenvalue weighted by Crippen LogP contribution is -1.92. The first-order valence-electron chi connectivity index (χ1n) is 7.02. The smallest absolute Gasteiger partial charge is 0.227 e. The quantitative estimate of drug-likeness (QED) is 0.771. The number of aliphatic hydroxyl groups is 1. The summed E-state index contributed by atoms with van der Waals surface area (Å²) in [6.45, 7) is 3.50. The number of rotatable bonds is 5. The number of hydrogen-bond donors (Lipinski definition) is 1. The molecule has 0 saturated heterocycles. The monoisotopic (exact) mass is 300 g/mol. The van der Waals surface area contributed by atoms with Crippen LogP contribution in [0.1, 0.15) is 36.2 Å². The van der Waals surface area contributed by atoms with Crippen molar-refractivity contribution in [1.29, 1.82) is 0 Å². The molecule has 0 spiro atoms. The summed E-state index contributed by atoms with van der Waals surface area (Å²) >= 11 is 0. The highest BCUT2D eigenvalue weighted by molar-refractivity contribution is 5.54. The molecule has 1 atom stereocenters. The summed E-state index contributed by atoms with van der Waals surface area (Å²) in [6, 6.07) is 7.41. The van der Waals surface area contributed by atoms with Crippen LogP contribution in [0.4, 0.5) is 0 Å². The van der Waals surface area contributed by atoms with Gasteiger partial charge in [0, 0.05) is 18.4 Å². The highest BCUT2D eigenvalue weighted by Gasteiger charge is 2.11. The summed E-state index contributed by atoms with van der Waals surface area (Å²) in [5, 5.41) is 17.2. The van der Waals surface area contributed by atoms with Gasteiger partial charge in [-0.05, 0) is 19.4 Å². The minimum absolute atomic E-state index is 0.493. The molecule has 1 aromatic carbocycles. The first kappa shape index (κ1) is 14.4. The number of aryl methyl sites for hydroxylation is 3. The average Bonchev–Trinajstić information content (AvgIpc) is 3.14. The van der Waals surface area contributed by atoms with Crippen LogP contribution < -0.4 is 0 Å². The molecule has 3 rings (SSSR count). The van der Waals surface area contributed by atoms with Crippen molar-refractivity contribution in [2.24, 2.45) is 0 Å². The molecule has 7 nitrogen and oxygen atoms in total. The zero-order valence-electron chi connectivity index (χ0n) is 12.4. The van der Waals surface area contributed by atoms with E-state index in [9.17, 15) is 5.11 Å². The molecule has 0 saturated carbocycles. The molecule has 7 heteroatoms. The van der Waals surface area contributed by atoms with Crippen molar-refractivity contribution in [3.63, 3.8) is 0 Å². The summed E-state index contributed by atoms with van der Waals surface area (Å²) in [7, 11) is 0. The minimum atomic E-state index is -0.493. The standard InChI is InChI=1S/C15H16N4O3/c1-9(20)11-3-5-12(6-4-11)15-17-14(22-19-15)8-7-13-16-10(2)18-21-13/h3-6,9,20H,7-8H2,1-2H3/t9-/m0/s1. The Morgan fingerprint density at radius 1 is 1.00 bits per heavy atom. The van der Waals surface area contributed by atoms with Crippen molar-refractivity contribution in [2.45, 2.75) is 32.8 Å². The van der Waals surface area contributed by atoms with E-state index in [2.05, 4.69) is 20.3 Å². The molecule has 0 fully saturated rings. The average molecular weight is 300 g/mol. The van der Waals surface area contributed by atoms with E-state index in [1.807, 2.05) is 24.3 Å². The Labute approximate surface area is 127 Å². The second kappa shape index (κ2) is 6.07. The lowest BCUT2D eigenvalue weighted by atomic mass is 10.1. The normalized spacial score (nSPS) is 12.5. The maximum atomic E-state index is 9.50. The van der Waals surface area contributed by atoms with Crippen molar-refractivity contribution in [3.8, 4) is 11.4 Å². The van der Waals surface area contributed by atoms with Crippen molar-refractivity contribution in [1.82, 2.24) is 20.3 Å². The first-order chi connectivity index (χ1) is 10.6. The summed E-state index contributed by atoms with van der Waals surface area (Å²) in [5.41, 5.74) is 1.69. The predicted molar refractivity (Wildman–Crippen MR) is 76.8 cm³/mol. The second-order valence-corrected chi connectivity index (χ2v) is 5.05. The molecule has 3 aromatic rings. The maximum Gasteiger partial charge on any atom is 0.227 e. The number of aromatic nitrogens is 4. The van der Waals surface area contributed by atoms with Gasteiger partial charge in [-0.25, -0.2) is 0 Å². The third kappa shape index (κ3) is 3.20. The predicted octanol–water partition coefficient (Wildman–Crippen LogP) is 2.27. The van der Waals surface area contributed by atoms with Gasteiger partial charge in [0.25, 0.3) is 0 Å². The molecule has 0 aliphatic carbocycles. The molecule has 0 aliphatic heterocycles. The maximum absolute atomic E-state index is 9.50. The Morgan fingerprint density at radius 3 is 2.23 bits per heavy atom. The van der Waals surface area contributed by atoms with Gasteiger partial charge >= 0.3 is 0 Å². The van der Waals surface area contributed by atoms with Gasteiger partial charge in [0.2, 0.25) is 17.6 Å². The Balaban J connectivity index is 1.67. The fraction of sp³-hybridized carbons (Fsp3) is 0.333. The highest BCUT2D eigenvalue weighted by Crippen LogP contribution is 2.20. The number of hydrogen-bond acceptors (Lipinski definition) is 7. The molecular weight excluding hydrogens is 284 g/mol. The summed E-state index contributed by atoms with van der Waals surface area (Å²) < 4.78 is 10.3. The fourth-order valence-corrected chi connectivity index (χ4v) is 2.04. The molecule has 2 aromatic heterocycles. The van der Waals surface area contributed by atoms with Gasteiger partial charge in [0.15, 0.2) is 5.82 Å². The van der Waals surface area contributed by atoms with E-state index < -0.39 is 6.10 Å². The van der Waals surface area contributed by atoms with Gasteiger partial charge < -0.3 is 14.2 Å². The van der Waals surface area contributed by atoms with Crippen LogP contribution in [0.15, 0.2) is 33.3 Å². The molecule has 0 radical (unpaired) electrons. The van der Waals surface area contributed by atoms with Gasteiger partial charge in [0.1, 0.15) is 0 Å². The van der Waals surface area contributed by atoms with Gasteiger partial charge in [-0.3, -0.25) is 0 Å². The van der Waals surface area contributed by atoms with Crippen molar-refractivity contribution >= 4 is 0 Å². The molecule has 2 heterocycles. The van der Waals surface area contributed by atoms with Crippen LogP contribution in [0.25, 0.3) is 11.4 Å². The number of benzene rings is 1. The summed E-state index contributed by atoms with van der Waals surface area (Å²) in [5.74, 6) is 2.21. The van der Waals surface area contributed by atoms with E-state index >= 15 is 0 Å². The zero-order valence-corrected chi connectivity index (χ0v) is 12.4. The van der Waals surface area contributed by atoms with E-state index in [4.69, 9.17) is 9.05 Å². The summed E-state index contributed by atoms with van der Waals surface area (Å²) in [6.07, 6.45) is 0.608. The van der Waals surface area contributed by atoms with Gasteiger partial charge in [-0.1, -0.05) is 34.6 Å². The van der Waals surface area contributed by atoms with E-state index in [-0.39, 0.29) is 0 Å². The van der Waals surface area contributed by atoms with Crippen LogP contribution in [0.5, 0.6) is 0 Å². The topological polar surface area (TPSA) is 98.1 Å². The Bertz CT molecular complexity index is 746. The fourth-order valence-electron chi connectivity index (χ4n) is 2.04. The lowest BCUT2D eigenvalue weighted by molar-refractivity contribution is 0.199. The first-order valence-corrected chi connectivity index (χ1v) is 7.02. The van der Waals surface area contributed by atoms with Crippen LogP contribution in [0.3, 0.4) is 0 Å². The van der Waals surface area contributed by atoms with Gasteiger partial charge in [0.05, 0.1) is 6.10 Å². The zero-order chi connectivity index (χ0) is 15.5. The Kier molecular flexibility index (Phi) is 3.97. The highest BCUT2D eigenvalue weighted by atomic mass is 16.5. The largest absolute Gasteiger partial charge is 0.389 e. The van der Waals surface area contributed by atoms with E-state index in [1.165, 1.54) is 0 Å². The third-order valence-corrected chi connectivity index (χ3v) is 3.24. The second-order valence-electron chi connectivity index (χ2n) is 5.05.